The molecule has 1 amide bonds. The van der Waals surface area contributed by atoms with Crippen molar-refractivity contribution >= 4 is 15.9 Å². The SMILES string of the molecule is O=C(NC1C(O)OC(CNS(=O)(=O)c2ccccc2)C(O)C1O)c1cccc(-c2ccccc2)c1. The molecule has 1 heterocycles. The Labute approximate surface area is 203 Å². The van der Waals surface area contributed by atoms with Crippen LogP contribution in [0.15, 0.2) is 89.8 Å². The summed E-state index contributed by atoms with van der Waals surface area (Å²) in [4.78, 5) is 12.9. The largest absolute Gasteiger partial charge is 0.388 e. The normalized spacial score (nSPS) is 24.6. The van der Waals surface area contributed by atoms with Crippen molar-refractivity contribution in [3.05, 3.63) is 90.5 Å². The topological polar surface area (TPSA) is 145 Å². The van der Waals surface area contributed by atoms with E-state index in [-0.39, 0.29) is 10.5 Å². The number of ether oxygens (including phenoxy) is 1. The highest BCUT2D eigenvalue weighted by atomic mass is 32.2. The number of hydrogen-bond acceptors (Lipinski definition) is 7. The van der Waals surface area contributed by atoms with Crippen LogP contribution in [0.5, 0.6) is 0 Å². The van der Waals surface area contributed by atoms with Crippen molar-refractivity contribution in [1.82, 2.24) is 10.0 Å². The molecule has 1 fully saturated rings. The molecule has 9 nitrogen and oxygen atoms in total. The first-order valence-corrected chi connectivity index (χ1v) is 12.5. The van der Waals surface area contributed by atoms with Crippen molar-refractivity contribution in [3.8, 4) is 11.1 Å². The Hall–Kier alpha value is -3.12. The van der Waals surface area contributed by atoms with Gasteiger partial charge in [-0.2, -0.15) is 0 Å². The Morgan fingerprint density at radius 3 is 2.14 bits per heavy atom. The summed E-state index contributed by atoms with van der Waals surface area (Å²) in [6.07, 6.45) is -6.10. The summed E-state index contributed by atoms with van der Waals surface area (Å²) in [6.45, 7) is -0.397. The third-order valence-corrected chi connectivity index (χ3v) is 7.22. The molecule has 0 saturated carbocycles. The molecule has 1 saturated heterocycles. The van der Waals surface area contributed by atoms with Crippen molar-refractivity contribution in [1.29, 1.82) is 0 Å². The molecule has 35 heavy (non-hydrogen) atoms. The van der Waals surface area contributed by atoms with E-state index in [1.165, 1.54) is 12.1 Å². The minimum Gasteiger partial charge on any atom is -0.388 e. The number of aliphatic hydroxyl groups excluding tert-OH is 3. The van der Waals surface area contributed by atoms with Crippen LogP contribution in [0.3, 0.4) is 0 Å². The highest BCUT2D eigenvalue weighted by molar-refractivity contribution is 7.89. The van der Waals surface area contributed by atoms with Crippen LogP contribution in [0.2, 0.25) is 0 Å². The lowest BCUT2D eigenvalue weighted by Gasteiger charge is -2.41. The summed E-state index contributed by atoms with van der Waals surface area (Å²) in [7, 11) is -3.89. The van der Waals surface area contributed by atoms with Crippen LogP contribution in [0.25, 0.3) is 11.1 Å². The van der Waals surface area contributed by atoms with Gasteiger partial charge < -0.3 is 25.4 Å². The van der Waals surface area contributed by atoms with Gasteiger partial charge in [-0.05, 0) is 35.4 Å². The first kappa shape index (κ1) is 25.0. The van der Waals surface area contributed by atoms with Crippen LogP contribution in [0.1, 0.15) is 10.4 Å². The highest BCUT2D eigenvalue weighted by Gasteiger charge is 2.44. The average Bonchev–Trinajstić information content (AvgIpc) is 2.89. The Morgan fingerprint density at radius 1 is 0.829 bits per heavy atom. The summed E-state index contributed by atoms with van der Waals surface area (Å²) >= 11 is 0. The maximum absolute atomic E-state index is 12.8. The number of rotatable bonds is 7. The molecule has 184 valence electrons. The quantitative estimate of drug-likeness (QED) is 0.325. The van der Waals surface area contributed by atoms with Gasteiger partial charge in [-0.15, -0.1) is 0 Å². The van der Waals surface area contributed by atoms with Crippen LogP contribution in [-0.4, -0.2) is 66.8 Å². The molecular formula is C25H26N2O7S. The molecule has 3 aromatic rings. The van der Waals surface area contributed by atoms with Gasteiger partial charge in [0.25, 0.3) is 5.91 Å². The van der Waals surface area contributed by atoms with Crippen molar-refractivity contribution in [2.45, 2.75) is 35.5 Å². The van der Waals surface area contributed by atoms with Gasteiger partial charge in [0.15, 0.2) is 6.29 Å². The standard InChI is InChI=1S/C25H26N2O7S/c28-22-20(15-26-35(32,33)19-12-5-2-6-13-19)34-25(31)21(23(22)29)27-24(30)18-11-7-10-17(14-18)16-8-3-1-4-9-16/h1-14,20-23,25-26,28-29,31H,15H2,(H,27,30). The number of carbonyl (C=O) groups excluding carboxylic acids is 1. The van der Waals surface area contributed by atoms with Crippen molar-refractivity contribution in [2.24, 2.45) is 0 Å². The fourth-order valence-corrected chi connectivity index (χ4v) is 4.92. The minimum atomic E-state index is -3.89. The highest BCUT2D eigenvalue weighted by Crippen LogP contribution is 2.23. The predicted octanol–water partition coefficient (Wildman–Crippen LogP) is 0.870. The second-order valence-electron chi connectivity index (χ2n) is 8.16. The Kier molecular flexibility index (Phi) is 7.60. The van der Waals surface area contributed by atoms with Gasteiger partial charge in [0.2, 0.25) is 10.0 Å². The molecule has 1 aliphatic heterocycles. The fraction of sp³-hybridized carbons (Fsp3) is 0.240. The second kappa shape index (κ2) is 10.6. The van der Waals surface area contributed by atoms with E-state index in [9.17, 15) is 28.5 Å². The van der Waals surface area contributed by atoms with E-state index < -0.39 is 53.1 Å². The average molecular weight is 499 g/mol. The molecular weight excluding hydrogens is 472 g/mol. The van der Waals surface area contributed by atoms with Gasteiger partial charge in [0.05, 0.1) is 4.90 Å². The number of benzene rings is 3. The summed E-state index contributed by atoms with van der Waals surface area (Å²) in [6, 6.07) is 22.6. The molecule has 0 spiro atoms. The molecule has 5 atom stereocenters. The number of amides is 1. The van der Waals surface area contributed by atoms with Gasteiger partial charge in [-0.25, -0.2) is 13.1 Å². The molecule has 1 aliphatic rings. The number of carbonyl (C=O) groups is 1. The van der Waals surface area contributed by atoms with Crippen LogP contribution >= 0.6 is 0 Å². The third-order valence-electron chi connectivity index (χ3n) is 5.78. The first-order chi connectivity index (χ1) is 16.8. The smallest absolute Gasteiger partial charge is 0.251 e. The van der Waals surface area contributed by atoms with Crippen LogP contribution in [-0.2, 0) is 14.8 Å². The molecule has 10 heteroatoms. The lowest BCUT2D eigenvalue weighted by atomic mass is 9.96. The second-order valence-corrected chi connectivity index (χ2v) is 9.92. The molecule has 5 unspecified atom stereocenters. The third kappa shape index (κ3) is 5.76. The molecule has 4 rings (SSSR count). The van der Waals surface area contributed by atoms with Gasteiger partial charge in [-0.3, -0.25) is 4.79 Å². The molecule has 0 aliphatic carbocycles. The summed E-state index contributed by atoms with van der Waals surface area (Å²) < 4.78 is 32.5. The van der Waals surface area contributed by atoms with E-state index in [0.717, 1.165) is 11.1 Å². The summed E-state index contributed by atoms with van der Waals surface area (Å²) in [5.74, 6) is -0.579. The molecule has 0 radical (unpaired) electrons. The zero-order chi connectivity index (χ0) is 25.0. The number of hydrogen-bond donors (Lipinski definition) is 5. The predicted molar refractivity (Wildman–Crippen MR) is 128 cm³/mol. The molecule has 3 aromatic carbocycles. The molecule has 5 N–H and O–H groups in total. The number of nitrogens with one attached hydrogen (secondary N) is 2. The van der Waals surface area contributed by atoms with Gasteiger partial charge in [0.1, 0.15) is 24.4 Å². The van der Waals surface area contributed by atoms with Gasteiger partial charge >= 0.3 is 0 Å². The van der Waals surface area contributed by atoms with Crippen LogP contribution < -0.4 is 10.0 Å². The van der Waals surface area contributed by atoms with E-state index in [4.69, 9.17) is 4.74 Å². The van der Waals surface area contributed by atoms with Crippen LogP contribution in [0.4, 0.5) is 0 Å². The maximum atomic E-state index is 12.8. The van der Waals surface area contributed by atoms with Crippen molar-refractivity contribution < 1.29 is 33.3 Å². The Bertz CT molecular complexity index is 1260. The zero-order valence-corrected chi connectivity index (χ0v) is 19.4. The van der Waals surface area contributed by atoms with E-state index in [1.807, 2.05) is 36.4 Å². The lowest BCUT2D eigenvalue weighted by Crippen LogP contribution is -2.65. The maximum Gasteiger partial charge on any atom is 0.251 e. The van der Waals surface area contributed by atoms with Crippen molar-refractivity contribution in [2.75, 3.05) is 6.54 Å². The van der Waals surface area contributed by atoms with E-state index in [1.54, 1.807) is 36.4 Å². The van der Waals surface area contributed by atoms with Crippen molar-refractivity contribution in [3.63, 3.8) is 0 Å². The van der Waals surface area contributed by atoms with Gasteiger partial charge in [0, 0.05) is 12.1 Å². The number of sulfonamides is 1. The lowest BCUT2D eigenvalue weighted by molar-refractivity contribution is -0.243. The van der Waals surface area contributed by atoms with E-state index in [2.05, 4.69) is 10.0 Å². The van der Waals surface area contributed by atoms with Crippen LogP contribution in [0, 0.1) is 0 Å². The monoisotopic (exact) mass is 498 g/mol. The molecule has 0 aromatic heterocycles. The summed E-state index contributed by atoms with van der Waals surface area (Å²) in [5, 5.41) is 34.0. The van der Waals surface area contributed by atoms with E-state index >= 15 is 0 Å². The molecule has 0 bridgehead atoms. The Morgan fingerprint density at radius 2 is 1.46 bits per heavy atom. The first-order valence-electron chi connectivity index (χ1n) is 11.0. The minimum absolute atomic E-state index is 0.0225. The Balaban J connectivity index is 1.41. The number of aliphatic hydroxyl groups is 3. The van der Waals surface area contributed by atoms with E-state index in [0.29, 0.717) is 0 Å². The van der Waals surface area contributed by atoms with Gasteiger partial charge in [-0.1, -0.05) is 60.7 Å². The summed E-state index contributed by atoms with van der Waals surface area (Å²) in [5.41, 5.74) is 2.02. The zero-order valence-electron chi connectivity index (χ0n) is 18.6. The fourth-order valence-electron chi connectivity index (χ4n) is 3.85.